The Kier molecular flexibility index (Phi) is 4.34. The predicted molar refractivity (Wildman–Crippen MR) is 94.1 cm³/mol. The Balaban J connectivity index is 1.42. The van der Waals surface area contributed by atoms with Crippen molar-refractivity contribution in [3.05, 3.63) is 65.2 Å². The highest BCUT2D eigenvalue weighted by atomic mass is 16.5. The standard InChI is InChI=1S/C21H25NO/c1-2-6-17(7-3-1)14-18-8-11-21-19(15-18)9-10-20(23-21)16-22-12-4-5-13-22/h1-3,6-8,11,15,20H,4-5,9-10,12-14,16H2. The number of ether oxygens (including phenoxy) is 1. The van der Waals surface area contributed by atoms with Crippen molar-refractivity contribution in [2.24, 2.45) is 0 Å². The lowest BCUT2D eigenvalue weighted by molar-refractivity contribution is 0.126. The minimum atomic E-state index is 0.376. The maximum atomic E-state index is 6.26. The molecule has 2 heteroatoms. The quantitative estimate of drug-likeness (QED) is 0.844. The molecule has 0 saturated carbocycles. The smallest absolute Gasteiger partial charge is 0.122 e. The normalized spacial score (nSPS) is 21.0. The lowest BCUT2D eigenvalue weighted by Gasteiger charge is -2.29. The summed E-state index contributed by atoms with van der Waals surface area (Å²) in [5.41, 5.74) is 4.14. The van der Waals surface area contributed by atoms with Crippen LogP contribution in [-0.4, -0.2) is 30.6 Å². The van der Waals surface area contributed by atoms with E-state index in [0.29, 0.717) is 6.10 Å². The zero-order chi connectivity index (χ0) is 15.5. The van der Waals surface area contributed by atoms with E-state index < -0.39 is 0 Å². The van der Waals surface area contributed by atoms with E-state index in [4.69, 9.17) is 4.74 Å². The molecule has 4 rings (SSSR count). The highest BCUT2D eigenvalue weighted by Crippen LogP contribution is 2.30. The molecule has 1 fully saturated rings. The molecule has 2 aromatic carbocycles. The number of nitrogens with zero attached hydrogens (tertiary/aromatic N) is 1. The van der Waals surface area contributed by atoms with Gasteiger partial charge >= 0.3 is 0 Å². The van der Waals surface area contributed by atoms with Gasteiger partial charge in [-0.2, -0.15) is 0 Å². The van der Waals surface area contributed by atoms with Crippen LogP contribution in [0, 0.1) is 0 Å². The van der Waals surface area contributed by atoms with E-state index in [-0.39, 0.29) is 0 Å². The molecule has 0 radical (unpaired) electrons. The predicted octanol–water partition coefficient (Wildman–Crippen LogP) is 4.07. The zero-order valence-corrected chi connectivity index (χ0v) is 13.7. The van der Waals surface area contributed by atoms with E-state index >= 15 is 0 Å². The van der Waals surface area contributed by atoms with Crippen LogP contribution < -0.4 is 4.74 Å². The first-order valence-corrected chi connectivity index (χ1v) is 8.91. The fourth-order valence-corrected chi connectivity index (χ4v) is 3.82. The summed E-state index contributed by atoms with van der Waals surface area (Å²) in [6, 6.07) is 17.4. The van der Waals surface area contributed by atoms with Gasteiger partial charge in [0.05, 0.1) is 0 Å². The van der Waals surface area contributed by atoms with Gasteiger partial charge in [-0.1, -0.05) is 42.5 Å². The summed E-state index contributed by atoms with van der Waals surface area (Å²) in [4.78, 5) is 2.55. The summed E-state index contributed by atoms with van der Waals surface area (Å²) in [5, 5.41) is 0. The van der Waals surface area contributed by atoms with Crippen molar-refractivity contribution >= 4 is 0 Å². The van der Waals surface area contributed by atoms with Gasteiger partial charge in [-0.05, 0) is 68.0 Å². The number of benzene rings is 2. The van der Waals surface area contributed by atoms with E-state index in [2.05, 4.69) is 53.4 Å². The molecule has 1 saturated heterocycles. The first-order valence-electron chi connectivity index (χ1n) is 8.91. The van der Waals surface area contributed by atoms with Crippen molar-refractivity contribution in [3.63, 3.8) is 0 Å². The molecule has 2 aromatic rings. The summed E-state index contributed by atoms with van der Waals surface area (Å²) >= 11 is 0. The molecule has 1 atom stereocenters. The first kappa shape index (κ1) is 14.8. The van der Waals surface area contributed by atoms with Crippen molar-refractivity contribution in [2.75, 3.05) is 19.6 Å². The summed E-state index contributed by atoms with van der Waals surface area (Å²) in [5.74, 6) is 1.11. The summed E-state index contributed by atoms with van der Waals surface area (Å²) in [7, 11) is 0. The maximum Gasteiger partial charge on any atom is 0.122 e. The van der Waals surface area contributed by atoms with E-state index in [9.17, 15) is 0 Å². The highest BCUT2D eigenvalue weighted by Gasteiger charge is 2.23. The van der Waals surface area contributed by atoms with Gasteiger partial charge in [-0.3, -0.25) is 4.90 Å². The average molecular weight is 307 g/mol. The lowest BCUT2D eigenvalue weighted by Crippen LogP contribution is -2.36. The van der Waals surface area contributed by atoms with Crippen LogP contribution in [0.5, 0.6) is 5.75 Å². The van der Waals surface area contributed by atoms with E-state index in [0.717, 1.165) is 31.6 Å². The van der Waals surface area contributed by atoms with Crippen LogP contribution >= 0.6 is 0 Å². The van der Waals surface area contributed by atoms with Crippen LogP contribution in [-0.2, 0) is 12.8 Å². The van der Waals surface area contributed by atoms with Gasteiger partial charge in [0.1, 0.15) is 11.9 Å². The molecule has 0 bridgehead atoms. The molecule has 120 valence electrons. The van der Waals surface area contributed by atoms with Crippen molar-refractivity contribution in [1.82, 2.24) is 4.90 Å². The number of hydrogen-bond acceptors (Lipinski definition) is 2. The van der Waals surface area contributed by atoms with Gasteiger partial charge in [-0.25, -0.2) is 0 Å². The van der Waals surface area contributed by atoms with Crippen LogP contribution in [0.1, 0.15) is 36.0 Å². The van der Waals surface area contributed by atoms with Crippen LogP contribution in [0.4, 0.5) is 0 Å². The van der Waals surface area contributed by atoms with Gasteiger partial charge in [0.2, 0.25) is 0 Å². The van der Waals surface area contributed by atoms with Crippen LogP contribution in [0.15, 0.2) is 48.5 Å². The highest BCUT2D eigenvalue weighted by molar-refractivity contribution is 5.40. The third kappa shape index (κ3) is 3.59. The first-order chi connectivity index (χ1) is 11.4. The third-order valence-electron chi connectivity index (χ3n) is 5.07. The van der Waals surface area contributed by atoms with E-state index in [1.807, 2.05) is 0 Å². The van der Waals surface area contributed by atoms with Crippen LogP contribution in [0.25, 0.3) is 0 Å². The Morgan fingerprint density at radius 2 is 1.78 bits per heavy atom. The Morgan fingerprint density at radius 3 is 2.61 bits per heavy atom. The molecule has 2 heterocycles. The van der Waals surface area contributed by atoms with Crippen molar-refractivity contribution in [3.8, 4) is 5.75 Å². The summed E-state index contributed by atoms with van der Waals surface area (Å²) in [6.45, 7) is 3.61. The minimum Gasteiger partial charge on any atom is -0.489 e. The molecule has 0 amide bonds. The maximum absolute atomic E-state index is 6.26. The fourth-order valence-electron chi connectivity index (χ4n) is 3.82. The summed E-state index contributed by atoms with van der Waals surface area (Å²) in [6.07, 6.45) is 6.39. The second kappa shape index (κ2) is 6.76. The van der Waals surface area contributed by atoms with Gasteiger partial charge in [0.15, 0.2) is 0 Å². The monoisotopic (exact) mass is 307 g/mol. The van der Waals surface area contributed by atoms with Gasteiger partial charge < -0.3 is 4.74 Å². The second-order valence-corrected chi connectivity index (χ2v) is 6.89. The molecule has 0 spiro atoms. The van der Waals surface area contributed by atoms with E-state index in [1.165, 1.54) is 42.6 Å². The Labute approximate surface area is 139 Å². The molecule has 1 unspecified atom stereocenters. The zero-order valence-electron chi connectivity index (χ0n) is 13.7. The molecule has 23 heavy (non-hydrogen) atoms. The number of rotatable bonds is 4. The Bertz CT molecular complexity index is 646. The third-order valence-corrected chi connectivity index (χ3v) is 5.07. The van der Waals surface area contributed by atoms with Gasteiger partial charge in [0, 0.05) is 6.54 Å². The topological polar surface area (TPSA) is 12.5 Å². The van der Waals surface area contributed by atoms with Crippen LogP contribution in [0.2, 0.25) is 0 Å². The van der Waals surface area contributed by atoms with Crippen molar-refractivity contribution in [2.45, 2.75) is 38.2 Å². The Hall–Kier alpha value is -1.80. The molecular weight excluding hydrogens is 282 g/mol. The van der Waals surface area contributed by atoms with E-state index in [1.54, 1.807) is 0 Å². The van der Waals surface area contributed by atoms with Crippen molar-refractivity contribution in [1.29, 1.82) is 0 Å². The minimum absolute atomic E-state index is 0.376. The molecule has 0 aromatic heterocycles. The fraction of sp³-hybridized carbons (Fsp3) is 0.429. The molecule has 2 aliphatic heterocycles. The van der Waals surface area contributed by atoms with Gasteiger partial charge in [0.25, 0.3) is 0 Å². The molecule has 0 N–H and O–H groups in total. The molecule has 2 nitrogen and oxygen atoms in total. The largest absolute Gasteiger partial charge is 0.489 e. The SMILES string of the molecule is c1ccc(Cc2ccc3c(c2)CCC(CN2CCCC2)O3)cc1. The van der Waals surface area contributed by atoms with Gasteiger partial charge in [-0.15, -0.1) is 0 Å². The Morgan fingerprint density at radius 1 is 0.957 bits per heavy atom. The molecule has 2 aliphatic rings. The van der Waals surface area contributed by atoms with Crippen molar-refractivity contribution < 1.29 is 4.74 Å². The lowest BCUT2D eigenvalue weighted by atomic mass is 9.97. The average Bonchev–Trinajstić information content (AvgIpc) is 3.09. The number of aryl methyl sites for hydroxylation is 1. The number of hydrogen-bond donors (Lipinski definition) is 0. The second-order valence-electron chi connectivity index (χ2n) is 6.89. The number of likely N-dealkylation sites (tertiary alicyclic amines) is 1. The molecule has 0 aliphatic carbocycles. The van der Waals surface area contributed by atoms with Crippen LogP contribution in [0.3, 0.4) is 0 Å². The number of fused-ring (bicyclic) bond motifs is 1. The summed E-state index contributed by atoms with van der Waals surface area (Å²) < 4.78 is 6.26. The molecular formula is C21H25NO.